The molecule has 0 aromatic heterocycles. The summed E-state index contributed by atoms with van der Waals surface area (Å²) in [4.78, 5) is 0. The minimum Gasteiger partial charge on any atom is -0.313 e. The Kier molecular flexibility index (Phi) is 6.95. The Balaban J connectivity index is 2.38. The zero-order valence-corrected chi connectivity index (χ0v) is 11.6. The zero-order chi connectivity index (χ0) is 12.5. The van der Waals surface area contributed by atoms with E-state index in [2.05, 4.69) is 56.4 Å². The van der Waals surface area contributed by atoms with Gasteiger partial charge in [0.05, 0.1) is 0 Å². The predicted octanol–water partition coefficient (Wildman–Crippen LogP) is 4.35. The topological polar surface area (TPSA) is 12.0 Å². The summed E-state index contributed by atoms with van der Waals surface area (Å²) < 4.78 is 0. The molecular formula is C16H27N. The highest BCUT2D eigenvalue weighted by molar-refractivity contribution is 5.18. The summed E-state index contributed by atoms with van der Waals surface area (Å²) in [6.07, 6.45) is 5.15. The summed E-state index contributed by atoms with van der Waals surface area (Å²) in [7, 11) is 0. The lowest BCUT2D eigenvalue weighted by molar-refractivity contribution is 0.432. The third kappa shape index (κ3) is 5.36. The Morgan fingerprint density at radius 2 is 1.59 bits per heavy atom. The van der Waals surface area contributed by atoms with Gasteiger partial charge < -0.3 is 5.32 Å². The van der Waals surface area contributed by atoms with Gasteiger partial charge in [-0.1, -0.05) is 63.9 Å². The lowest BCUT2D eigenvalue weighted by Gasteiger charge is -2.20. The Bertz CT molecular complexity index is 275. The summed E-state index contributed by atoms with van der Waals surface area (Å²) in [5.74, 6) is 0.604. The first-order chi connectivity index (χ1) is 8.27. The fraction of sp³-hybridized carbons (Fsp3) is 0.625. The van der Waals surface area contributed by atoms with Crippen molar-refractivity contribution in [3.63, 3.8) is 0 Å². The van der Waals surface area contributed by atoms with Crippen LogP contribution in [0.15, 0.2) is 30.3 Å². The average molecular weight is 233 g/mol. The highest BCUT2D eigenvalue weighted by Crippen LogP contribution is 2.14. The van der Waals surface area contributed by atoms with Crippen LogP contribution in [0.25, 0.3) is 0 Å². The summed E-state index contributed by atoms with van der Waals surface area (Å²) >= 11 is 0. The molecule has 0 spiro atoms. The SMILES string of the molecule is CCCC(CCC)NCC(C)c1ccccc1. The molecule has 1 aromatic rings. The Morgan fingerprint density at radius 1 is 1.00 bits per heavy atom. The van der Waals surface area contributed by atoms with Crippen LogP contribution in [0.5, 0.6) is 0 Å². The molecule has 0 fully saturated rings. The highest BCUT2D eigenvalue weighted by atomic mass is 14.9. The van der Waals surface area contributed by atoms with Crippen molar-refractivity contribution < 1.29 is 0 Å². The Hall–Kier alpha value is -0.820. The molecule has 17 heavy (non-hydrogen) atoms. The van der Waals surface area contributed by atoms with Gasteiger partial charge in [0.25, 0.3) is 0 Å². The quantitative estimate of drug-likeness (QED) is 0.704. The van der Waals surface area contributed by atoms with E-state index < -0.39 is 0 Å². The van der Waals surface area contributed by atoms with E-state index in [1.807, 2.05) is 0 Å². The maximum Gasteiger partial charge on any atom is 0.00671 e. The van der Waals surface area contributed by atoms with E-state index in [0.29, 0.717) is 12.0 Å². The molecule has 96 valence electrons. The van der Waals surface area contributed by atoms with Gasteiger partial charge in [-0.3, -0.25) is 0 Å². The molecular weight excluding hydrogens is 206 g/mol. The van der Waals surface area contributed by atoms with E-state index in [-0.39, 0.29) is 0 Å². The molecule has 0 amide bonds. The second-order valence-electron chi connectivity index (χ2n) is 4.99. The number of benzene rings is 1. The molecule has 1 N–H and O–H groups in total. The van der Waals surface area contributed by atoms with Crippen molar-refractivity contribution >= 4 is 0 Å². The number of hydrogen-bond donors (Lipinski definition) is 1. The van der Waals surface area contributed by atoms with Crippen molar-refractivity contribution in [3.05, 3.63) is 35.9 Å². The van der Waals surface area contributed by atoms with Gasteiger partial charge in [0.2, 0.25) is 0 Å². The predicted molar refractivity (Wildman–Crippen MR) is 76.5 cm³/mol. The molecule has 0 heterocycles. The van der Waals surface area contributed by atoms with Gasteiger partial charge in [0.15, 0.2) is 0 Å². The summed E-state index contributed by atoms with van der Waals surface area (Å²) in [6, 6.07) is 11.5. The molecule has 0 saturated heterocycles. The van der Waals surface area contributed by atoms with Crippen LogP contribution in [0.1, 0.15) is 57.9 Å². The second kappa shape index (κ2) is 8.30. The molecule has 1 rings (SSSR count). The van der Waals surface area contributed by atoms with Gasteiger partial charge in [0.1, 0.15) is 0 Å². The number of rotatable bonds is 8. The van der Waals surface area contributed by atoms with E-state index in [0.717, 1.165) is 6.54 Å². The maximum atomic E-state index is 3.72. The van der Waals surface area contributed by atoms with Crippen LogP contribution in [0.4, 0.5) is 0 Å². The molecule has 1 nitrogen and oxygen atoms in total. The van der Waals surface area contributed by atoms with Gasteiger partial charge in [-0.25, -0.2) is 0 Å². The molecule has 0 aliphatic rings. The lowest BCUT2D eigenvalue weighted by Crippen LogP contribution is -2.32. The Labute approximate surface area is 107 Å². The molecule has 1 heteroatoms. The minimum atomic E-state index is 0.604. The van der Waals surface area contributed by atoms with Crippen molar-refractivity contribution in [1.29, 1.82) is 0 Å². The van der Waals surface area contributed by atoms with Gasteiger partial charge in [-0.05, 0) is 24.3 Å². The maximum absolute atomic E-state index is 3.72. The summed E-state index contributed by atoms with van der Waals surface area (Å²) in [5, 5.41) is 3.72. The van der Waals surface area contributed by atoms with Crippen LogP contribution in [0, 0.1) is 0 Å². The third-order valence-electron chi connectivity index (χ3n) is 3.36. The first-order valence-corrected chi connectivity index (χ1v) is 7.06. The van der Waals surface area contributed by atoms with E-state index in [9.17, 15) is 0 Å². The van der Waals surface area contributed by atoms with Gasteiger partial charge >= 0.3 is 0 Å². The van der Waals surface area contributed by atoms with E-state index >= 15 is 0 Å². The van der Waals surface area contributed by atoms with Crippen LogP contribution in [0.2, 0.25) is 0 Å². The first-order valence-electron chi connectivity index (χ1n) is 7.06. The number of hydrogen-bond acceptors (Lipinski definition) is 1. The first kappa shape index (κ1) is 14.2. The zero-order valence-electron chi connectivity index (χ0n) is 11.6. The second-order valence-corrected chi connectivity index (χ2v) is 4.99. The van der Waals surface area contributed by atoms with Crippen molar-refractivity contribution in [2.45, 2.75) is 58.4 Å². The molecule has 1 unspecified atom stereocenters. The molecule has 0 aliphatic heterocycles. The van der Waals surface area contributed by atoms with Crippen molar-refractivity contribution in [1.82, 2.24) is 5.32 Å². The minimum absolute atomic E-state index is 0.604. The van der Waals surface area contributed by atoms with Gasteiger partial charge in [0, 0.05) is 12.6 Å². The van der Waals surface area contributed by atoms with Crippen LogP contribution in [-0.4, -0.2) is 12.6 Å². The largest absolute Gasteiger partial charge is 0.313 e. The van der Waals surface area contributed by atoms with Crippen LogP contribution >= 0.6 is 0 Å². The average Bonchev–Trinajstić information content (AvgIpc) is 2.37. The van der Waals surface area contributed by atoms with Crippen LogP contribution < -0.4 is 5.32 Å². The van der Waals surface area contributed by atoms with E-state index in [1.165, 1.54) is 31.2 Å². The Morgan fingerprint density at radius 3 is 2.12 bits per heavy atom. The molecule has 1 atom stereocenters. The highest BCUT2D eigenvalue weighted by Gasteiger charge is 2.09. The normalized spacial score (nSPS) is 12.9. The molecule has 0 radical (unpaired) electrons. The van der Waals surface area contributed by atoms with E-state index in [4.69, 9.17) is 0 Å². The molecule has 0 saturated carbocycles. The van der Waals surface area contributed by atoms with Crippen LogP contribution in [0.3, 0.4) is 0 Å². The van der Waals surface area contributed by atoms with Crippen molar-refractivity contribution in [2.75, 3.05) is 6.54 Å². The molecule has 0 bridgehead atoms. The van der Waals surface area contributed by atoms with Crippen LogP contribution in [-0.2, 0) is 0 Å². The fourth-order valence-corrected chi connectivity index (χ4v) is 2.29. The molecule has 1 aromatic carbocycles. The van der Waals surface area contributed by atoms with Gasteiger partial charge in [-0.2, -0.15) is 0 Å². The van der Waals surface area contributed by atoms with Crippen molar-refractivity contribution in [2.24, 2.45) is 0 Å². The standard InChI is InChI=1S/C16H27N/c1-4-9-16(10-5-2)17-13-14(3)15-11-7-6-8-12-15/h6-8,11-12,14,16-17H,4-5,9-10,13H2,1-3H3. The monoisotopic (exact) mass is 233 g/mol. The fourth-order valence-electron chi connectivity index (χ4n) is 2.29. The van der Waals surface area contributed by atoms with Gasteiger partial charge in [-0.15, -0.1) is 0 Å². The van der Waals surface area contributed by atoms with Crippen molar-refractivity contribution in [3.8, 4) is 0 Å². The smallest absolute Gasteiger partial charge is 0.00671 e. The number of nitrogens with one attached hydrogen (secondary N) is 1. The summed E-state index contributed by atoms with van der Waals surface area (Å²) in [5.41, 5.74) is 1.44. The molecule has 0 aliphatic carbocycles. The lowest BCUT2D eigenvalue weighted by atomic mass is 10.00. The summed E-state index contributed by atoms with van der Waals surface area (Å²) in [6.45, 7) is 7.93. The third-order valence-corrected chi connectivity index (χ3v) is 3.36. The van der Waals surface area contributed by atoms with E-state index in [1.54, 1.807) is 0 Å².